The van der Waals surface area contributed by atoms with E-state index in [0.29, 0.717) is 17.0 Å². The van der Waals surface area contributed by atoms with Gasteiger partial charge in [0, 0.05) is 11.5 Å². The molecule has 0 radical (unpaired) electrons. The first-order valence-electron chi connectivity index (χ1n) is 6.23. The minimum Gasteiger partial charge on any atom is -0.534 e. The molecule has 0 unspecified atom stereocenters. The van der Waals surface area contributed by atoms with Crippen molar-refractivity contribution in [1.82, 2.24) is 0 Å². The lowest BCUT2D eigenvalue weighted by atomic mass is 9.79. The van der Waals surface area contributed by atoms with Gasteiger partial charge in [0.25, 0.3) is 0 Å². The predicted molar refractivity (Wildman–Crippen MR) is 79.2 cm³/mol. The van der Waals surface area contributed by atoms with Gasteiger partial charge in [-0.1, -0.05) is 6.58 Å². The topological polar surface area (TPSA) is 71.1 Å². The summed E-state index contributed by atoms with van der Waals surface area (Å²) >= 11 is 0. The second-order valence-corrected chi connectivity index (χ2v) is 6.81. The molecule has 0 N–H and O–H groups in total. The van der Waals surface area contributed by atoms with Gasteiger partial charge in [0.05, 0.1) is 19.1 Å². The third-order valence-corrected chi connectivity index (χ3v) is 3.48. The second kappa shape index (κ2) is 5.27. The molecule has 1 aliphatic heterocycles. The summed E-state index contributed by atoms with van der Waals surface area (Å²) in [6.07, 6.45) is 0.972. The average molecular weight is 312 g/mol. The molecule has 2 rings (SSSR count). The highest BCUT2D eigenvalue weighted by molar-refractivity contribution is 7.86. The van der Waals surface area contributed by atoms with Gasteiger partial charge in [0.2, 0.25) is 0 Å². The number of hydrogen-bond acceptors (Lipinski definition) is 6. The van der Waals surface area contributed by atoms with Crippen LogP contribution in [-0.2, 0) is 19.4 Å². The van der Waals surface area contributed by atoms with Crippen molar-refractivity contribution in [3.8, 4) is 11.5 Å². The van der Waals surface area contributed by atoms with Crippen molar-refractivity contribution < 1.29 is 26.6 Å². The first kappa shape index (κ1) is 15.7. The molecule has 1 saturated heterocycles. The van der Waals surface area contributed by atoms with Crippen LogP contribution in [0.15, 0.2) is 30.5 Å². The van der Waals surface area contributed by atoms with Crippen molar-refractivity contribution >= 4 is 22.7 Å². The third kappa shape index (κ3) is 3.71. The Morgan fingerprint density at radius 1 is 1.24 bits per heavy atom. The fourth-order valence-electron chi connectivity index (χ4n) is 1.84. The van der Waals surface area contributed by atoms with Crippen LogP contribution in [0.4, 0.5) is 0 Å². The second-order valence-electron chi connectivity index (χ2n) is 5.23. The van der Waals surface area contributed by atoms with Crippen molar-refractivity contribution in [2.24, 2.45) is 0 Å². The minimum absolute atomic E-state index is 0.134. The maximum atomic E-state index is 11.2. The van der Waals surface area contributed by atoms with E-state index in [0.717, 1.165) is 6.26 Å². The molecule has 8 heteroatoms. The number of methoxy groups -OCH3 is 1. The number of ether oxygens (including phenoxy) is 1. The van der Waals surface area contributed by atoms with Gasteiger partial charge in [-0.3, -0.25) is 0 Å². The molecule has 0 bridgehead atoms. The van der Waals surface area contributed by atoms with Crippen LogP contribution in [0.3, 0.4) is 0 Å². The van der Waals surface area contributed by atoms with Crippen molar-refractivity contribution in [3.05, 3.63) is 30.5 Å². The van der Waals surface area contributed by atoms with Gasteiger partial charge in [-0.05, 0) is 26.0 Å². The zero-order valence-corrected chi connectivity index (χ0v) is 13.2. The molecule has 0 aromatic heterocycles. The van der Waals surface area contributed by atoms with Crippen LogP contribution in [0.2, 0.25) is 0 Å². The highest BCUT2D eigenvalue weighted by Crippen LogP contribution is 2.30. The molecule has 6 nitrogen and oxygen atoms in total. The van der Waals surface area contributed by atoms with Crippen molar-refractivity contribution in [2.45, 2.75) is 19.4 Å². The van der Waals surface area contributed by atoms with Crippen LogP contribution < -0.4 is 14.4 Å². The van der Waals surface area contributed by atoms with Crippen molar-refractivity contribution in [3.63, 3.8) is 0 Å². The Labute approximate surface area is 124 Å². The lowest BCUT2D eigenvalue weighted by Crippen LogP contribution is -2.34. The van der Waals surface area contributed by atoms with E-state index in [2.05, 4.69) is 6.58 Å². The van der Waals surface area contributed by atoms with Gasteiger partial charge >= 0.3 is 17.2 Å². The van der Waals surface area contributed by atoms with E-state index in [1.165, 1.54) is 19.2 Å². The smallest absolute Gasteiger partial charge is 0.534 e. The fourth-order valence-corrected chi connectivity index (χ4v) is 2.28. The molecule has 0 aliphatic carbocycles. The summed E-state index contributed by atoms with van der Waals surface area (Å²) in [7, 11) is -2.85. The molecule has 1 aliphatic rings. The molecular formula is C13H17BO6S. The first-order chi connectivity index (χ1) is 9.60. The number of hydrogen-bond donors (Lipinski definition) is 0. The van der Waals surface area contributed by atoms with E-state index in [4.69, 9.17) is 18.2 Å². The highest BCUT2D eigenvalue weighted by atomic mass is 32.2. The Kier molecular flexibility index (Phi) is 3.94. The Morgan fingerprint density at radius 3 is 2.33 bits per heavy atom. The van der Waals surface area contributed by atoms with Crippen LogP contribution in [0, 0.1) is 0 Å². The molecule has 0 atom stereocenters. The van der Waals surface area contributed by atoms with Crippen molar-refractivity contribution in [2.75, 3.05) is 13.4 Å². The van der Waals surface area contributed by atoms with Crippen LogP contribution in [0.5, 0.6) is 11.5 Å². The maximum Gasteiger partial charge on any atom is 0.563 e. The molecule has 1 aromatic carbocycles. The molecule has 1 aromatic rings. The summed E-state index contributed by atoms with van der Waals surface area (Å²) in [6, 6.07) is 4.69. The average Bonchev–Trinajstić information content (AvgIpc) is 2.61. The van der Waals surface area contributed by atoms with Gasteiger partial charge in [-0.2, -0.15) is 8.42 Å². The molecule has 114 valence electrons. The predicted octanol–water partition coefficient (Wildman–Crippen LogP) is 1.07. The van der Waals surface area contributed by atoms with E-state index in [1.807, 2.05) is 13.8 Å². The minimum atomic E-state index is -3.63. The van der Waals surface area contributed by atoms with Crippen LogP contribution in [0.1, 0.15) is 13.8 Å². The zero-order chi connectivity index (χ0) is 15.8. The molecular weight excluding hydrogens is 295 g/mol. The normalized spacial score (nSPS) is 17.5. The van der Waals surface area contributed by atoms with Crippen LogP contribution in [0.25, 0.3) is 0 Å². The van der Waals surface area contributed by atoms with E-state index in [9.17, 15) is 8.42 Å². The van der Waals surface area contributed by atoms with Crippen LogP contribution >= 0.6 is 0 Å². The van der Waals surface area contributed by atoms with Gasteiger partial charge < -0.3 is 18.2 Å². The summed E-state index contributed by atoms with van der Waals surface area (Å²) in [6.45, 7) is 7.47. The summed E-state index contributed by atoms with van der Waals surface area (Å²) in [5, 5.41) is 0. The summed E-state index contributed by atoms with van der Waals surface area (Å²) in [5.74, 6) is 1.07. The SMILES string of the molecule is C=C1OB(c2cc(OC)cc(OS(C)(=O)=O)c2)OC1(C)C. The Hall–Kier alpha value is -1.67. The fraction of sp³-hybridized carbons (Fsp3) is 0.385. The Morgan fingerprint density at radius 2 is 1.86 bits per heavy atom. The summed E-state index contributed by atoms with van der Waals surface area (Å²) in [5.41, 5.74) is -0.0364. The zero-order valence-electron chi connectivity index (χ0n) is 12.4. The van der Waals surface area contributed by atoms with Gasteiger partial charge in [-0.15, -0.1) is 0 Å². The van der Waals surface area contributed by atoms with E-state index in [-0.39, 0.29) is 5.75 Å². The largest absolute Gasteiger partial charge is 0.563 e. The summed E-state index contributed by atoms with van der Waals surface area (Å²) in [4.78, 5) is 0. The molecule has 1 fully saturated rings. The van der Waals surface area contributed by atoms with Gasteiger partial charge in [0.1, 0.15) is 17.1 Å². The summed E-state index contributed by atoms with van der Waals surface area (Å²) < 4.78 is 43.8. The molecule has 21 heavy (non-hydrogen) atoms. The first-order valence-corrected chi connectivity index (χ1v) is 8.05. The Bertz CT molecular complexity index is 667. The molecule has 0 amide bonds. The standard InChI is InChI=1S/C13H17BO6S/c1-9-13(2,3)20-14(18-9)10-6-11(17-4)8-12(7-10)19-21(5,15)16/h6-8H,1H2,2-5H3. The highest BCUT2D eigenvalue weighted by Gasteiger charge is 2.43. The number of rotatable bonds is 4. The molecule has 1 heterocycles. The monoisotopic (exact) mass is 312 g/mol. The van der Waals surface area contributed by atoms with Crippen LogP contribution in [-0.4, -0.2) is 34.5 Å². The van der Waals surface area contributed by atoms with Crippen molar-refractivity contribution in [1.29, 1.82) is 0 Å². The number of benzene rings is 1. The van der Waals surface area contributed by atoms with Gasteiger partial charge in [-0.25, -0.2) is 0 Å². The van der Waals surface area contributed by atoms with E-state index in [1.54, 1.807) is 6.07 Å². The van der Waals surface area contributed by atoms with E-state index < -0.39 is 22.8 Å². The quantitative estimate of drug-likeness (QED) is 0.612. The van der Waals surface area contributed by atoms with Gasteiger partial charge in [0.15, 0.2) is 0 Å². The third-order valence-electron chi connectivity index (χ3n) is 2.98. The molecule has 0 saturated carbocycles. The van der Waals surface area contributed by atoms with E-state index >= 15 is 0 Å². The molecule has 0 spiro atoms. The maximum absolute atomic E-state index is 11.2. The Balaban J connectivity index is 2.36. The lowest BCUT2D eigenvalue weighted by molar-refractivity contribution is 0.173. The lowest BCUT2D eigenvalue weighted by Gasteiger charge is -2.15.